The molecule has 0 amide bonds. The lowest BCUT2D eigenvalue weighted by Crippen LogP contribution is -1.85. The standard InChI is InChI=1S/C12H8FN3O/c13-9-5-7(17)1-2-8(9)12-15-10-3-4-14-6-11(10)16-12/h1-6,17H,(H,15,16). The second kappa shape index (κ2) is 3.55. The van der Waals surface area contributed by atoms with Crippen LogP contribution in [0.4, 0.5) is 4.39 Å². The Morgan fingerprint density at radius 2 is 2.12 bits per heavy atom. The summed E-state index contributed by atoms with van der Waals surface area (Å²) in [4.78, 5) is 11.2. The lowest BCUT2D eigenvalue weighted by molar-refractivity contribution is 0.469. The van der Waals surface area contributed by atoms with Gasteiger partial charge in [0.1, 0.15) is 17.4 Å². The molecule has 0 aliphatic carbocycles. The molecule has 0 spiro atoms. The maximum atomic E-state index is 13.6. The highest BCUT2D eigenvalue weighted by molar-refractivity contribution is 5.78. The molecule has 1 aromatic carbocycles. The minimum atomic E-state index is -0.517. The van der Waals surface area contributed by atoms with Crippen molar-refractivity contribution < 1.29 is 9.50 Å². The van der Waals surface area contributed by atoms with E-state index in [-0.39, 0.29) is 5.75 Å². The lowest BCUT2D eigenvalue weighted by atomic mass is 10.2. The van der Waals surface area contributed by atoms with Crippen LogP contribution >= 0.6 is 0 Å². The highest BCUT2D eigenvalue weighted by Crippen LogP contribution is 2.25. The van der Waals surface area contributed by atoms with E-state index in [0.29, 0.717) is 11.4 Å². The number of aromatic amines is 1. The summed E-state index contributed by atoms with van der Waals surface area (Å²) in [6.45, 7) is 0. The number of aromatic hydroxyl groups is 1. The predicted molar refractivity (Wildman–Crippen MR) is 60.9 cm³/mol. The summed E-state index contributed by atoms with van der Waals surface area (Å²) in [6.07, 6.45) is 3.25. The van der Waals surface area contributed by atoms with Gasteiger partial charge in [-0.3, -0.25) is 4.98 Å². The van der Waals surface area contributed by atoms with Gasteiger partial charge in [0.15, 0.2) is 0 Å². The van der Waals surface area contributed by atoms with E-state index < -0.39 is 5.82 Å². The van der Waals surface area contributed by atoms with Crippen molar-refractivity contribution in [3.63, 3.8) is 0 Å². The summed E-state index contributed by atoms with van der Waals surface area (Å²) in [5.74, 6) is -0.202. The van der Waals surface area contributed by atoms with Crippen LogP contribution in [0.15, 0.2) is 36.7 Å². The van der Waals surface area contributed by atoms with Crippen LogP contribution in [-0.2, 0) is 0 Å². The van der Waals surface area contributed by atoms with E-state index in [1.165, 1.54) is 12.1 Å². The van der Waals surface area contributed by atoms with Crippen LogP contribution in [-0.4, -0.2) is 20.1 Å². The number of phenolic OH excluding ortho intramolecular Hbond substituents is 1. The molecule has 0 aliphatic heterocycles. The van der Waals surface area contributed by atoms with Gasteiger partial charge in [0, 0.05) is 12.3 Å². The summed E-state index contributed by atoms with van der Waals surface area (Å²) < 4.78 is 13.6. The van der Waals surface area contributed by atoms with Crippen LogP contribution in [0.25, 0.3) is 22.4 Å². The average Bonchev–Trinajstić information content (AvgIpc) is 2.72. The Morgan fingerprint density at radius 3 is 2.88 bits per heavy atom. The van der Waals surface area contributed by atoms with Gasteiger partial charge < -0.3 is 10.1 Å². The normalized spacial score (nSPS) is 10.9. The average molecular weight is 229 g/mol. The van der Waals surface area contributed by atoms with E-state index in [4.69, 9.17) is 5.11 Å². The second-order valence-electron chi connectivity index (χ2n) is 3.64. The number of hydrogen-bond acceptors (Lipinski definition) is 3. The molecule has 0 unspecified atom stereocenters. The monoisotopic (exact) mass is 229 g/mol. The molecule has 0 radical (unpaired) electrons. The SMILES string of the molecule is Oc1ccc(-c2nc3ccncc3[nH]2)c(F)c1. The zero-order valence-corrected chi connectivity index (χ0v) is 8.68. The molecular weight excluding hydrogens is 221 g/mol. The van der Waals surface area contributed by atoms with Crippen LogP contribution in [0.1, 0.15) is 0 Å². The molecule has 0 bridgehead atoms. The first-order valence-electron chi connectivity index (χ1n) is 5.02. The molecule has 17 heavy (non-hydrogen) atoms. The highest BCUT2D eigenvalue weighted by Gasteiger charge is 2.10. The molecule has 3 rings (SSSR count). The number of pyridine rings is 1. The summed E-state index contributed by atoms with van der Waals surface area (Å²) in [5.41, 5.74) is 1.79. The number of benzene rings is 1. The van der Waals surface area contributed by atoms with E-state index in [9.17, 15) is 4.39 Å². The van der Waals surface area contributed by atoms with Crippen molar-refractivity contribution in [1.29, 1.82) is 0 Å². The number of fused-ring (bicyclic) bond motifs is 1. The van der Waals surface area contributed by atoms with Gasteiger partial charge in [-0.25, -0.2) is 9.37 Å². The number of nitrogens with one attached hydrogen (secondary N) is 1. The smallest absolute Gasteiger partial charge is 0.141 e. The molecule has 0 fully saturated rings. The molecule has 5 heteroatoms. The fraction of sp³-hybridized carbons (Fsp3) is 0. The van der Waals surface area contributed by atoms with Crippen molar-refractivity contribution in [2.45, 2.75) is 0 Å². The van der Waals surface area contributed by atoms with Crippen molar-refractivity contribution in [1.82, 2.24) is 15.0 Å². The van der Waals surface area contributed by atoms with Gasteiger partial charge in [-0.15, -0.1) is 0 Å². The van der Waals surface area contributed by atoms with E-state index >= 15 is 0 Å². The van der Waals surface area contributed by atoms with Crippen LogP contribution in [0.2, 0.25) is 0 Å². The molecule has 0 saturated carbocycles. The van der Waals surface area contributed by atoms with Gasteiger partial charge in [-0.2, -0.15) is 0 Å². The third kappa shape index (κ3) is 1.61. The minimum Gasteiger partial charge on any atom is -0.508 e. The Hall–Kier alpha value is -2.43. The molecule has 2 aromatic heterocycles. The molecule has 4 nitrogen and oxygen atoms in total. The Morgan fingerprint density at radius 1 is 1.24 bits per heavy atom. The Kier molecular flexibility index (Phi) is 2.04. The second-order valence-corrected chi connectivity index (χ2v) is 3.64. The number of phenols is 1. The fourth-order valence-electron chi connectivity index (χ4n) is 1.68. The molecule has 3 aromatic rings. The number of halogens is 1. The Balaban J connectivity index is 2.20. The summed E-state index contributed by atoms with van der Waals surface area (Å²) >= 11 is 0. The van der Waals surface area contributed by atoms with Gasteiger partial charge in [-0.1, -0.05) is 0 Å². The third-order valence-electron chi connectivity index (χ3n) is 2.49. The first-order chi connectivity index (χ1) is 8.24. The van der Waals surface area contributed by atoms with Gasteiger partial charge in [-0.05, 0) is 18.2 Å². The predicted octanol–water partition coefficient (Wildman–Crippen LogP) is 2.47. The van der Waals surface area contributed by atoms with Crippen LogP contribution in [0, 0.1) is 5.82 Å². The van der Waals surface area contributed by atoms with Crippen LogP contribution in [0.3, 0.4) is 0 Å². The molecule has 2 heterocycles. The third-order valence-corrected chi connectivity index (χ3v) is 2.49. The Bertz CT molecular complexity index is 660. The largest absolute Gasteiger partial charge is 0.508 e. The molecule has 2 N–H and O–H groups in total. The lowest BCUT2D eigenvalue weighted by Gasteiger charge is -1.99. The topological polar surface area (TPSA) is 61.8 Å². The van der Waals surface area contributed by atoms with E-state index in [2.05, 4.69) is 15.0 Å². The summed E-state index contributed by atoms with van der Waals surface area (Å²) in [5, 5.41) is 9.14. The van der Waals surface area contributed by atoms with Crippen molar-refractivity contribution in [3.8, 4) is 17.1 Å². The number of H-pyrrole nitrogens is 1. The van der Waals surface area contributed by atoms with Crippen molar-refractivity contribution in [3.05, 3.63) is 42.5 Å². The maximum absolute atomic E-state index is 13.6. The molecule has 0 saturated heterocycles. The van der Waals surface area contributed by atoms with Crippen molar-refractivity contribution in [2.24, 2.45) is 0 Å². The zero-order valence-electron chi connectivity index (χ0n) is 8.68. The van der Waals surface area contributed by atoms with Crippen molar-refractivity contribution >= 4 is 11.0 Å². The quantitative estimate of drug-likeness (QED) is 0.673. The minimum absolute atomic E-state index is 0.107. The van der Waals surface area contributed by atoms with Gasteiger partial charge in [0.05, 0.1) is 22.8 Å². The fourth-order valence-corrected chi connectivity index (χ4v) is 1.68. The first kappa shape index (κ1) is 9.77. The van der Waals surface area contributed by atoms with Gasteiger partial charge >= 0.3 is 0 Å². The van der Waals surface area contributed by atoms with E-state index in [1.807, 2.05) is 0 Å². The maximum Gasteiger partial charge on any atom is 0.141 e. The van der Waals surface area contributed by atoms with Crippen LogP contribution in [0.5, 0.6) is 5.75 Å². The first-order valence-corrected chi connectivity index (χ1v) is 5.02. The zero-order chi connectivity index (χ0) is 11.8. The number of hydrogen-bond donors (Lipinski definition) is 2. The van der Waals surface area contributed by atoms with Gasteiger partial charge in [0.2, 0.25) is 0 Å². The molecule has 84 valence electrons. The number of rotatable bonds is 1. The summed E-state index contributed by atoms with van der Waals surface area (Å²) in [7, 11) is 0. The van der Waals surface area contributed by atoms with Gasteiger partial charge in [0.25, 0.3) is 0 Å². The van der Waals surface area contributed by atoms with Crippen molar-refractivity contribution in [2.75, 3.05) is 0 Å². The Labute approximate surface area is 95.8 Å². The molecule has 0 aliphatic rings. The molecular formula is C12H8FN3O. The number of nitrogens with zero attached hydrogens (tertiary/aromatic N) is 2. The molecule has 0 atom stereocenters. The highest BCUT2D eigenvalue weighted by atomic mass is 19.1. The van der Waals surface area contributed by atoms with E-state index in [1.54, 1.807) is 18.5 Å². The van der Waals surface area contributed by atoms with Crippen LogP contribution < -0.4 is 0 Å². The number of imidazole rings is 1. The summed E-state index contributed by atoms with van der Waals surface area (Å²) in [6, 6.07) is 5.70. The number of aromatic nitrogens is 3. The van der Waals surface area contributed by atoms with E-state index in [0.717, 1.165) is 17.1 Å².